The summed E-state index contributed by atoms with van der Waals surface area (Å²) in [5.74, 6) is -3.94. The first-order chi connectivity index (χ1) is 12.6. The van der Waals surface area contributed by atoms with Gasteiger partial charge in [-0.25, -0.2) is 4.79 Å². The van der Waals surface area contributed by atoms with Crippen molar-refractivity contribution in [1.29, 1.82) is 0 Å². The van der Waals surface area contributed by atoms with E-state index in [4.69, 9.17) is 22.8 Å². The van der Waals surface area contributed by atoms with Gasteiger partial charge in [-0.15, -0.1) is 0 Å². The van der Waals surface area contributed by atoms with Crippen molar-refractivity contribution in [2.24, 2.45) is 5.92 Å². The number of hydrogen-bond donors (Lipinski definition) is 4. The zero-order valence-corrected chi connectivity index (χ0v) is 11.7. The van der Waals surface area contributed by atoms with E-state index >= 15 is 0 Å². The normalized spacial score (nSPS) is 37.2. The molecule has 8 nitrogen and oxygen atoms in total. The zero-order chi connectivity index (χ0) is 21.9. The van der Waals surface area contributed by atoms with Gasteiger partial charge in [0.1, 0.15) is 18.3 Å². The number of ether oxygens (including phenoxy) is 2. The zero-order valence-electron chi connectivity index (χ0n) is 17.7. The number of hydrogen-bond acceptors (Lipinski definition) is 7. The smallest absolute Gasteiger partial charge is 0.335 e. The van der Waals surface area contributed by atoms with Crippen LogP contribution in [0.1, 0.15) is 47.6 Å². The Morgan fingerprint density at radius 3 is 2.23 bits per heavy atom. The third-order valence-electron chi connectivity index (χ3n) is 3.36. The lowest BCUT2D eigenvalue weighted by molar-refractivity contribution is -0.287. The third-order valence-corrected chi connectivity index (χ3v) is 3.36. The Bertz CT molecular complexity index is 533. The molecule has 0 aromatic carbocycles. The molecule has 0 amide bonds. The molecule has 1 saturated heterocycles. The van der Waals surface area contributed by atoms with Crippen LogP contribution in [0.15, 0.2) is 0 Å². The number of aliphatic carboxylic acids is 1. The Labute approximate surface area is 137 Å². The molecule has 128 valence electrons. The van der Waals surface area contributed by atoms with Crippen molar-refractivity contribution in [2.75, 3.05) is 0 Å². The monoisotopic (exact) mass is 326 g/mol. The summed E-state index contributed by atoms with van der Waals surface area (Å²) in [5, 5.41) is 38.2. The summed E-state index contributed by atoms with van der Waals surface area (Å²) in [4.78, 5) is 23.4. The molecule has 0 spiro atoms. The molecule has 0 saturated carbocycles. The van der Waals surface area contributed by atoms with Gasteiger partial charge < -0.3 is 29.9 Å². The highest BCUT2D eigenvalue weighted by Gasteiger charge is 2.48. The van der Waals surface area contributed by atoms with E-state index in [1.807, 2.05) is 0 Å². The average molecular weight is 326 g/mol. The molecule has 1 aliphatic heterocycles. The maximum Gasteiger partial charge on any atom is 0.335 e. The van der Waals surface area contributed by atoms with Crippen molar-refractivity contribution < 1.29 is 47.7 Å². The molecule has 0 aromatic rings. The third kappa shape index (κ3) is 4.39. The lowest BCUT2D eigenvalue weighted by atomic mass is 9.97. The van der Waals surface area contributed by atoms with Gasteiger partial charge in [0.15, 0.2) is 6.10 Å². The molecule has 0 unspecified atom stereocenters. The van der Waals surface area contributed by atoms with Crippen LogP contribution in [-0.4, -0.2) is 63.1 Å². The number of rotatable bonds is 7. The number of aliphatic hydroxyl groups excluding tert-OH is 3. The summed E-state index contributed by atoms with van der Waals surface area (Å²) in [5.41, 5.74) is 0. The fourth-order valence-electron chi connectivity index (χ4n) is 2.09. The van der Waals surface area contributed by atoms with Crippen molar-refractivity contribution in [1.82, 2.24) is 0 Å². The van der Waals surface area contributed by atoms with Gasteiger partial charge in [-0.2, -0.15) is 0 Å². The van der Waals surface area contributed by atoms with Crippen LogP contribution in [0, 0.1) is 5.92 Å². The highest BCUT2D eigenvalue weighted by molar-refractivity contribution is 5.74. The lowest BCUT2D eigenvalue weighted by Crippen LogP contribution is -2.60. The molecule has 4 N–H and O–H groups in total. The summed E-state index contributed by atoms with van der Waals surface area (Å²) in [6.07, 6.45) is -11.1. The second kappa shape index (κ2) is 8.42. The summed E-state index contributed by atoms with van der Waals surface area (Å²) in [7, 11) is 0. The summed E-state index contributed by atoms with van der Waals surface area (Å²) >= 11 is 0. The summed E-state index contributed by atoms with van der Waals surface area (Å²) < 4.78 is 53.0. The molecular formula is C14H24O8. The molecule has 0 aliphatic carbocycles. The van der Waals surface area contributed by atoms with Crippen LogP contribution in [0.5, 0.6) is 0 Å². The van der Waals surface area contributed by atoms with Crippen molar-refractivity contribution in [3.63, 3.8) is 0 Å². The van der Waals surface area contributed by atoms with E-state index in [1.54, 1.807) is 0 Å². The van der Waals surface area contributed by atoms with E-state index in [0.717, 1.165) is 0 Å². The van der Waals surface area contributed by atoms with Gasteiger partial charge in [-0.3, -0.25) is 4.79 Å². The summed E-state index contributed by atoms with van der Waals surface area (Å²) in [6.45, 7) is -4.73. The predicted molar refractivity (Wildman–Crippen MR) is 73.7 cm³/mol. The lowest BCUT2D eigenvalue weighted by Gasteiger charge is -2.38. The second-order valence-corrected chi connectivity index (χ2v) is 4.95. The Hall–Kier alpha value is -1.22. The van der Waals surface area contributed by atoms with Crippen LogP contribution < -0.4 is 0 Å². The van der Waals surface area contributed by atoms with E-state index in [9.17, 15) is 24.9 Å². The second-order valence-electron chi connectivity index (χ2n) is 4.95. The maximum atomic E-state index is 12.4. The first-order valence-corrected chi connectivity index (χ1v) is 6.75. The maximum absolute atomic E-state index is 12.4. The minimum Gasteiger partial charge on any atom is -0.479 e. The molecule has 0 bridgehead atoms. The van der Waals surface area contributed by atoms with Gasteiger partial charge in [0.2, 0.25) is 6.29 Å². The van der Waals surface area contributed by atoms with Crippen LogP contribution in [0.25, 0.3) is 0 Å². The number of carboxylic acids is 1. The molecule has 1 rings (SSSR count). The van der Waals surface area contributed by atoms with Crippen LogP contribution in [0.3, 0.4) is 0 Å². The fraction of sp³-hybridized carbons (Fsp3) is 0.857. The quantitative estimate of drug-likeness (QED) is 0.466. The highest BCUT2D eigenvalue weighted by atomic mass is 16.7. The Kier molecular flexibility index (Phi) is 4.34. The van der Waals surface area contributed by atoms with Crippen LogP contribution in [0.4, 0.5) is 0 Å². The molecular weight excluding hydrogens is 296 g/mol. The van der Waals surface area contributed by atoms with E-state index in [1.165, 1.54) is 0 Å². The minimum absolute atomic E-state index is 0.234. The van der Waals surface area contributed by atoms with E-state index in [-0.39, 0.29) is 12.8 Å². The van der Waals surface area contributed by atoms with Crippen molar-refractivity contribution >= 4 is 11.9 Å². The van der Waals surface area contributed by atoms with Gasteiger partial charge in [0, 0.05) is 8.22 Å². The first-order valence-electron chi connectivity index (χ1n) is 9.75. The fourth-order valence-corrected chi connectivity index (χ4v) is 2.09. The number of carbonyl (C=O) groups is 2. The molecule has 0 radical (unpaired) electrons. The molecule has 0 aromatic heterocycles. The molecule has 1 fully saturated rings. The van der Waals surface area contributed by atoms with E-state index in [2.05, 4.69) is 0 Å². The molecule has 1 aliphatic rings. The largest absolute Gasteiger partial charge is 0.479 e. The average Bonchev–Trinajstić information content (AvgIpc) is 2.52. The van der Waals surface area contributed by atoms with E-state index in [0.29, 0.717) is 0 Å². The van der Waals surface area contributed by atoms with Gasteiger partial charge in [-0.05, 0) is 12.8 Å². The SMILES string of the molecule is [2H]C([2H])([2H])CCC(CCC([2H])([2H])[2H])C(=O)O[C@H]1O[C@@H](C(=O)O)[C@H](O)[C@@H](O)[C@@H]1O. The number of aliphatic hydroxyl groups is 3. The van der Waals surface area contributed by atoms with Gasteiger partial charge in [-0.1, -0.05) is 26.5 Å². The molecule has 5 atom stereocenters. The van der Waals surface area contributed by atoms with Gasteiger partial charge >= 0.3 is 11.9 Å². The topological polar surface area (TPSA) is 134 Å². The van der Waals surface area contributed by atoms with Crippen molar-refractivity contribution in [3.05, 3.63) is 0 Å². The van der Waals surface area contributed by atoms with Crippen LogP contribution in [-0.2, 0) is 19.1 Å². The van der Waals surface area contributed by atoms with Gasteiger partial charge in [0.25, 0.3) is 0 Å². The van der Waals surface area contributed by atoms with Crippen LogP contribution in [0.2, 0.25) is 0 Å². The first kappa shape index (κ1) is 11.3. The van der Waals surface area contributed by atoms with Crippen molar-refractivity contribution in [3.8, 4) is 0 Å². The van der Waals surface area contributed by atoms with Gasteiger partial charge in [0.05, 0.1) is 5.92 Å². The Morgan fingerprint density at radius 1 is 1.14 bits per heavy atom. The minimum atomic E-state index is -2.37. The Balaban J connectivity index is 2.87. The number of carbonyl (C=O) groups excluding carboxylic acids is 1. The van der Waals surface area contributed by atoms with E-state index < -0.39 is 75.1 Å². The highest BCUT2D eigenvalue weighted by Crippen LogP contribution is 2.24. The summed E-state index contributed by atoms with van der Waals surface area (Å²) in [6, 6.07) is 0. The van der Waals surface area contributed by atoms with Crippen molar-refractivity contribution in [2.45, 2.75) is 70.1 Å². The Morgan fingerprint density at radius 2 is 1.73 bits per heavy atom. The predicted octanol–water partition coefficient (Wildman–Crippen LogP) is -0.362. The molecule has 8 heteroatoms. The molecule has 1 heterocycles. The standard InChI is InChI=1S/C14H24O8/c1-3-5-7(6-4-2)13(20)22-14-10(17)8(15)9(16)11(21-14)12(18)19/h7-11,14-17H,3-6H2,1-2H3,(H,18,19)/t8-,9-,10+,11-,14-/m1/s1/i1D3,2D3. The molecule has 22 heavy (non-hydrogen) atoms. The number of esters is 1. The van der Waals surface area contributed by atoms with Crippen LogP contribution >= 0.6 is 0 Å². The number of carboxylic acid groups (broad SMARTS) is 1.